The monoisotopic (exact) mass is 350 g/mol. The molecule has 0 unspecified atom stereocenters. The molecule has 2 aromatic carbocycles. The summed E-state index contributed by atoms with van der Waals surface area (Å²) in [7, 11) is 0. The maximum atomic E-state index is 14.1. The summed E-state index contributed by atoms with van der Waals surface area (Å²) >= 11 is 0. The first kappa shape index (κ1) is 20.4. The van der Waals surface area contributed by atoms with Gasteiger partial charge in [0.1, 0.15) is 0 Å². The third-order valence-corrected chi connectivity index (χ3v) is 5.77. The smallest absolute Gasteiger partial charge is 0.151 e. The van der Waals surface area contributed by atoms with E-state index in [1.54, 1.807) is 0 Å². The fraction of sp³-hybridized carbons (Fsp3) is 0.480. The number of Topliss-reactive ketones (excluding diaryl/α,β-unsaturated/α-hetero) is 1. The van der Waals surface area contributed by atoms with Crippen molar-refractivity contribution in [3.63, 3.8) is 0 Å². The van der Waals surface area contributed by atoms with Gasteiger partial charge in [0.2, 0.25) is 0 Å². The van der Waals surface area contributed by atoms with E-state index in [-0.39, 0.29) is 11.8 Å². The zero-order valence-electron chi connectivity index (χ0n) is 17.0. The molecule has 0 aliphatic heterocycles. The Hall–Kier alpha value is -1.89. The average Bonchev–Trinajstić information content (AvgIpc) is 2.64. The van der Waals surface area contributed by atoms with E-state index >= 15 is 0 Å². The van der Waals surface area contributed by atoms with Crippen molar-refractivity contribution in [1.82, 2.24) is 0 Å². The molecule has 0 heterocycles. The molecule has 1 atom stereocenters. The molecule has 140 valence electrons. The minimum atomic E-state index is -0.580. The van der Waals surface area contributed by atoms with Crippen LogP contribution in [0.4, 0.5) is 0 Å². The summed E-state index contributed by atoms with van der Waals surface area (Å²) in [4.78, 5) is 14.1. The van der Waals surface area contributed by atoms with Gasteiger partial charge >= 0.3 is 0 Å². The Balaban J connectivity index is 2.77. The standard InChI is InChI=1S/C25H34O/c1-6-21(7-2)24(26)25(20(5)18-19(3)4,22-14-10-8-11-15-22)23-16-12-9-13-17-23/h8-17,19-21H,6-7,18H2,1-5H3/t20-/m0/s1. The number of carbonyl (C=O) groups is 1. The number of hydrogen-bond acceptors (Lipinski definition) is 1. The summed E-state index contributed by atoms with van der Waals surface area (Å²) in [6, 6.07) is 20.9. The molecular weight excluding hydrogens is 316 g/mol. The molecule has 0 aliphatic carbocycles. The van der Waals surface area contributed by atoms with Crippen LogP contribution in [-0.4, -0.2) is 5.78 Å². The van der Waals surface area contributed by atoms with Gasteiger partial charge in [0, 0.05) is 5.92 Å². The summed E-state index contributed by atoms with van der Waals surface area (Å²) in [5.74, 6) is 1.25. The minimum Gasteiger partial charge on any atom is -0.298 e. The third kappa shape index (κ3) is 3.92. The summed E-state index contributed by atoms with van der Waals surface area (Å²) in [6.45, 7) is 11.0. The third-order valence-electron chi connectivity index (χ3n) is 5.77. The molecule has 0 N–H and O–H groups in total. The van der Waals surface area contributed by atoms with Crippen LogP contribution in [0.3, 0.4) is 0 Å². The fourth-order valence-electron chi connectivity index (χ4n) is 4.53. The topological polar surface area (TPSA) is 17.1 Å². The van der Waals surface area contributed by atoms with Crippen LogP contribution >= 0.6 is 0 Å². The predicted octanol–water partition coefficient (Wildman–Crippen LogP) is 6.66. The zero-order chi connectivity index (χ0) is 19.2. The van der Waals surface area contributed by atoms with Crippen LogP contribution in [0.5, 0.6) is 0 Å². The van der Waals surface area contributed by atoms with E-state index < -0.39 is 5.41 Å². The van der Waals surface area contributed by atoms with Gasteiger partial charge in [0.15, 0.2) is 5.78 Å². The largest absolute Gasteiger partial charge is 0.298 e. The van der Waals surface area contributed by atoms with Crippen molar-refractivity contribution in [3.05, 3.63) is 71.8 Å². The SMILES string of the molecule is CCC(CC)C(=O)C(c1ccccc1)(c1ccccc1)[C@@H](C)CC(C)C. The van der Waals surface area contributed by atoms with E-state index in [1.807, 2.05) is 12.1 Å². The zero-order valence-corrected chi connectivity index (χ0v) is 17.0. The Morgan fingerprint density at radius 3 is 1.58 bits per heavy atom. The Kier molecular flexibility index (Phi) is 7.20. The van der Waals surface area contributed by atoms with Gasteiger partial charge in [-0.05, 0) is 42.2 Å². The summed E-state index contributed by atoms with van der Waals surface area (Å²) in [5.41, 5.74) is 1.69. The van der Waals surface area contributed by atoms with Gasteiger partial charge in [0.25, 0.3) is 0 Å². The van der Waals surface area contributed by atoms with Crippen LogP contribution in [0, 0.1) is 17.8 Å². The quantitative estimate of drug-likeness (QED) is 0.494. The van der Waals surface area contributed by atoms with E-state index in [1.165, 1.54) is 0 Å². The van der Waals surface area contributed by atoms with Gasteiger partial charge in [-0.3, -0.25) is 4.79 Å². The van der Waals surface area contributed by atoms with Gasteiger partial charge in [-0.2, -0.15) is 0 Å². The number of rotatable bonds is 9. The molecule has 0 saturated heterocycles. The Labute approximate surface area is 159 Å². The van der Waals surface area contributed by atoms with Crippen molar-refractivity contribution in [2.75, 3.05) is 0 Å². The van der Waals surface area contributed by atoms with Crippen molar-refractivity contribution in [1.29, 1.82) is 0 Å². The summed E-state index contributed by atoms with van der Waals surface area (Å²) in [6.07, 6.45) is 2.81. The molecule has 0 amide bonds. The normalized spacial score (nSPS) is 13.2. The van der Waals surface area contributed by atoms with Crippen molar-refractivity contribution >= 4 is 5.78 Å². The van der Waals surface area contributed by atoms with Gasteiger partial charge in [-0.15, -0.1) is 0 Å². The summed E-state index contributed by atoms with van der Waals surface area (Å²) < 4.78 is 0. The summed E-state index contributed by atoms with van der Waals surface area (Å²) in [5, 5.41) is 0. The molecule has 1 nitrogen and oxygen atoms in total. The van der Waals surface area contributed by atoms with E-state index in [0.29, 0.717) is 11.7 Å². The Morgan fingerprint density at radius 1 is 0.808 bits per heavy atom. The molecule has 2 rings (SSSR count). The highest BCUT2D eigenvalue weighted by molar-refractivity contribution is 5.96. The second-order valence-corrected chi connectivity index (χ2v) is 7.95. The second-order valence-electron chi connectivity index (χ2n) is 7.95. The molecule has 0 saturated carbocycles. The fourth-order valence-corrected chi connectivity index (χ4v) is 4.53. The number of benzene rings is 2. The minimum absolute atomic E-state index is 0.0880. The molecule has 0 aliphatic rings. The lowest BCUT2D eigenvalue weighted by molar-refractivity contribution is -0.129. The molecule has 2 aromatic rings. The molecule has 26 heavy (non-hydrogen) atoms. The lowest BCUT2D eigenvalue weighted by Gasteiger charge is -2.42. The van der Waals surface area contributed by atoms with Crippen LogP contribution in [0.1, 0.15) is 65.0 Å². The van der Waals surface area contributed by atoms with Crippen LogP contribution in [0.25, 0.3) is 0 Å². The van der Waals surface area contributed by atoms with E-state index in [2.05, 4.69) is 83.1 Å². The lowest BCUT2D eigenvalue weighted by atomic mass is 9.59. The predicted molar refractivity (Wildman–Crippen MR) is 111 cm³/mol. The molecule has 0 aromatic heterocycles. The first-order valence-corrected chi connectivity index (χ1v) is 10.1. The molecule has 0 bridgehead atoms. The van der Waals surface area contributed by atoms with E-state index in [9.17, 15) is 4.79 Å². The van der Waals surface area contributed by atoms with Crippen LogP contribution in [0.15, 0.2) is 60.7 Å². The van der Waals surface area contributed by atoms with Gasteiger partial charge in [-0.1, -0.05) is 95.3 Å². The highest BCUT2D eigenvalue weighted by Gasteiger charge is 2.47. The molecular formula is C25H34O. The van der Waals surface area contributed by atoms with E-state index in [4.69, 9.17) is 0 Å². The van der Waals surface area contributed by atoms with Crippen molar-refractivity contribution in [2.24, 2.45) is 17.8 Å². The van der Waals surface area contributed by atoms with Gasteiger partial charge < -0.3 is 0 Å². The maximum absolute atomic E-state index is 14.1. The highest BCUT2D eigenvalue weighted by Crippen LogP contribution is 2.45. The molecule has 0 radical (unpaired) electrons. The van der Waals surface area contributed by atoms with Crippen LogP contribution in [-0.2, 0) is 10.2 Å². The molecule has 0 spiro atoms. The molecule has 0 fully saturated rings. The second kappa shape index (κ2) is 9.16. The Bertz CT molecular complexity index is 628. The van der Waals surface area contributed by atoms with Gasteiger partial charge in [0.05, 0.1) is 5.41 Å². The van der Waals surface area contributed by atoms with Crippen molar-refractivity contribution < 1.29 is 4.79 Å². The first-order valence-electron chi connectivity index (χ1n) is 10.1. The maximum Gasteiger partial charge on any atom is 0.151 e. The van der Waals surface area contributed by atoms with Gasteiger partial charge in [-0.25, -0.2) is 0 Å². The number of hydrogen-bond donors (Lipinski definition) is 0. The van der Waals surface area contributed by atoms with Crippen LogP contribution < -0.4 is 0 Å². The number of ketones is 1. The first-order chi connectivity index (χ1) is 12.5. The number of carbonyl (C=O) groups excluding carboxylic acids is 1. The lowest BCUT2D eigenvalue weighted by Crippen LogP contribution is -2.46. The van der Waals surface area contributed by atoms with Crippen LogP contribution in [0.2, 0.25) is 0 Å². The van der Waals surface area contributed by atoms with E-state index in [0.717, 1.165) is 30.4 Å². The Morgan fingerprint density at radius 2 is 1.23 bits per heavy atom. The molecule has 1 heteroatoms. The average molecular weight is 351 g/mol. The van der Waals surface area contributed by atoms with Crippen molar-refractivity contribution in [3.8, 4) is 0 Å². The highest BCUT2D eigenvalue weighted by atomic mass is 16.1. The van der Waals surface area contributed by atoms with Crippen molar-refractivity contribution in [2.45, 2.75) is 59.3 Å².